The number of hydrogen-bond acceptors (Lipinski definition) is 4. The summed E-state index contributed by atoms with van der Waals surface area (Å²) in [4.78, 5) is 18.4. The molecule has 2 aliphatic rings. The van der Waals surface area contributed by atoms with Gasteiger partial charge < -0.3 is 15.1 Å². The van der Waals surface area contributed by atoms with Crippen LogP contribution >= 0.6 is 0 Å². The SMILES string of the molecule is O=C(CCc1cncc(O)c1)N1CC[C@@]2(CO)CCC[C@@H]12. The molecule has 2 N–H and O–H groups in total. The van der Waals surface area contributed by atoms with Crippen molar-refractivity contribution in [2.75, 3.05) is 13.2 Å². The summed E-state index contributed by atoms with van der Waals surface area (Å²) in [6.07, 6.45) is 8.18. The minimum atomic E-state index is -0.0395. The number of hydrogen-bond donors (Lipinski definition) is 2. The van der Waals surface area contributed by atoms with Crippen molar-refractivity contribution in [3.63, 3.8) is 0 Å². The van der Waals surface area contributed by atoms with Gasteiger partial charge in [0.1, 0.15) is 5.75 Å². The van der Waals surface area contributed by atoms with E-state index in [2.05, 4.69) is 4.98 Å². The first-order valence-corrected chi connectivity index (χ1v) is 7.68. The van der Waals surface area contributed by atoms with Gasteiger partial charge in [0.05, 0.1) is 12.8 Å². The molecule has 0 spiro atoms. The molecule has 1 saturated heterocycles. The Balaban J connectivity index is 1.61. The van der Waals surface area contributed by atoms with E-state index in [1.54, 1.807) is 12.3 Å². The number of carbonyl (C=O) groups is 1. The highest BCUT2D eigenvalue weighted by molar-refractivity contribution is 5.77. The summed E-state index contributed by atoms with van der Waals surface area (Å²) < 4.78 is 0. The van der Waals surface area contributed by atoms with E-state index in [0.29, 0.717) is 12.8 Å². The molecule has 1 aromatic heterocycles. The topological polar surface area (TPSA) is 73.7 Å². The van der Waals surface area contributed by atoms with Crippen LogP contribution in [0.3, 0.4) is 0 Å². The lowest BCUT2D eigenvalue weighted by molar-refractivity contribution is -0.132. The summed E-state index contributed by atoms with van der Waals surface area (Å²) in [5, 5.41) is 19.1. The molecule has 1 aliphatic carbocycles. The summed E-state index contributed by atoms with van der Waals surface area (Å²) in [6, 6.07) is 1.87. The predicted octanol–water partition coefficient (Wildman–Crippen LogP) is 1.48. The van der Waals surface area contributed by atoms with Crippen molar-refractivity contribution in [2.24, 2.45) is 5.41 Å². The lowest BCUT2D eigenvalue weighted by atomic mass is 9.83. The molecule has 5 nitrogen and oxygen atoms in total. The quantitative estimate of drug-likeness (QED) is 0.881. The molecule has 0 bridgehead atoms. The number of nitrogens with zero attached hydrogens (tertiary/aromatic N) is 2. The number of pyridine rings is 1. The maximum absolute atomic E-state index is 12.5. The van der Waals surface area contributed by atoms with Gasteiger partial charge in [0, 0.05) is 30.6 Å². The Labute approximate surface area is 124 Å². The average molecular weight is 290 g/mol. The zero-order chi connectivity index (χ0) is 14.9. The average Bonchev–Trinajstić information content (AvgIpc) is 3.03. The number of aliphatic hydroxyl groups is 1. The smallest absolute Gasteiger partial charge is 0.223 e. The third kappa shape index (κ3) is 2.62. The van der Waals surface area contributed by atoms with Crippen LogP contribution in [0.25, 0.3) is 0 Å². The zero-order valence-electron chi connectivity index (χ0n) is 12.2. The fraction of sp³-hybridized carbons (Fsp3) is 0.625. The van der Waals surface area contributed by atoms with Gasteiger partial charge in [0.25, 0.3) is 0 Å². The fourth-order valence-corrected chi connectivity index (χ4v) is 3.96. The van der Waals surface area contributed by atoms with Crippen molar-refractivity contribution in [3.05, 3.63) is 24.0 Å². The fourth-order valence-electron chi connectivity index (χ4n) is 3.96. The van der Waals surface area contributed by atoms with Gasteiger partial charge in [-0.3, -0.25) is 9.78 Å². The molecular formula is C16H22N2O3. The standard InChI is InChI=1S/C16H22N2O3/c19-11-16-5-1-2-14(16)18(7-6-16)15(21)4-3-12-8-13(20)10-17-9-12/h8-10,14,19-20H,1-7,11H2/t14-,16-/m1/s1. The Morgan fingerprint density at radius 2 is 2.29 bits per heavy atom. The van der Waals surface area contributed by atoms with Crippen molar-refractivity contribution in [1.82, 2.24) is 9.88 Å². The third-order valence-electron chi connectivity index (χ3n) is 5.13. The number of rotatable bonds is 4. The number of fused-ring (bicyclic) bond motifs is 1. The Hall–Kier alpha value is -1.62. The predicted molar refractivity (Wildman–Crippen MR) is 77.7 cm³/mol. The molecule has 2 heterocycles. The van der Waals surface area contributed by atoms with Gasteiger partial charge in [0.15, 0.2) is 0 Å². The van der Waals surface area contributed by atoms with E-state index in [0.717, 1.165) is 37.8 Å². The summed E-state index contributed by atoms with van der Waals surface area (Å²) in [5.74, 6) is 0.289. The Morgan fingerprint density at radius 3 is 3.05 bits per heavy atom. The largest absolute Gasteiger partial charge is 0.506 e. The number of aromatic hydroxyl groups is 1. The van der Waals surface area contributed by atoms with E-state index >= 15 is 0 Å². The highest BCUT2D eigenvalue weighted by Crippen LogP contribution is 2.48. The molecule has 1 amide bonds. The van der Waals surface area contributed by atoms with Crippen LogP contribution in [0.15, 0.2) is 18.5 Å². The maximum atomic E-state index is 12.5. The summed E-state index contributed by atoms with van der Waals surface area (Å²) >= 11 is 0. The second kappa shape index (κ2) is 5.64. The van der Waals surface area contributed by atoms with E-state index in [1.165, 1.54) is 6.20 Å². The van der Waals surface area contributed by atoms with Crippen LogP contribution in [0.2, 0.25) is 0 Å². The van der Waals surface area contributed by atoms with E-state index in [1.807, 2.05) is 4.90 Å². The van der Waals surface area contributed by atoms with Gasteiger partial charge in [0.2, 0.25) is 5.91 Å². The molecule has 21 heavy (non-hydrogen) atoms. The molecule has 1 aliphatic heterocycles. The first-order valence-electron chi connectivity index (χ1n) is 7.68. The van der Waals surface area contributed by atoms with E-state index in [4.69, 9.17) is 0 Å². The molecule has 2 fully saturated rings. The van der Waals surface area contributed by atoms with Gasteiger partial charge >= 0.3 is 0 Å². The zero-order valence-corrected chi connectivity index (χ0v) is 12.2. The van der Waals surface area contributed by atoms with Crippen molar-refractivity contribution >= 4 is 5.91 Å². The van der Waals surface area contributed by atoms with E-state index in [9.17, 15) is 15.0 Å². The van der Waals surface area contributed by atoms with Gasteiger partial charge in [-0.2, -0.15) is 0 Å². The minimum absolute atomic E-state index is 0.0395. The second-order valence-electron chi connectivity index (χ2n) is 6.32. The lowest BCUT2D eigenvalue weighted by Gasteiger charge is -2.30. The van der Waals surface area contributed by atoms with Crippen LogP contribution in [0.5, 0.6) is 5.75 Å². The van der Waals surface area contributed by atoms with Crippen molar-refractivity contribution in [3.8, 4) is 5.75 Å². The first kappa shape index (κ1) is 14.3. The first-order chi connectivity index (χ1) is 10.1. The number of likely N-dealkylation sites (tertiary alicyclic amines) is 1. The molecule has 0 unspecified atom stereocenters. The number of aromatic nitrogens is 1. The van der Waals surface area contributed by atoms with E-state index in [-0.39, 0.29) is 29.7 Å². The van der Waals surface area contributed by atoms with Gasteiger partial charge in [-0.1, -0.05) is 6.42 Å². The van der Waals surface area contributed by atoms with Crippen LogP contribution < -0.4 is 0 Å². The normalized spacial score (nSPS) is 27.9. The summed E-state index contributed by atoms with van der Waals surface area (Å²) in [7, 11) is 0. The van der Waals surface area contributed by atoms with Crippen molar-refractivity contribution in [2.45, 2.75) is 44.6 Å². The second-order valence-corrected chi connectivity index (χ2v) is 6.32. The maximum Gasteiger partial charge on any atom is 0.223 e. The Morgan fingerprint density at radius 1 is 1.43 bits per heavy atom. The molecule has 0 radical (unpaired) electrons. The molecule has 3 rings (SSSR count). The van der Waals surface area contributed by atoms with Crippen molar-refractivity contribution in [1.29, 1.82) is 0 Å². The molecule has 5 heteroatoms. The molecule has 1 saturated carbocycles. The number of amides is 1. The number of carbonyl (C=O) groups excluding carboxylic acids is 1. The van der Waals surface area contributed by atoms with Crippen molar-refractivity contribution < 1.29 is 15.0 Å². The molecular weight excluding hydrogens is 268 g/mol. The highest BCUT2D eigenvalue weighted by Gasteiger charge is 2.51. The van der Waals surface area contributed by atoms with Crippen LogP contribution in [0.1, 0.15) is 37.7 Å². The highest BCUT2D eigenvalue weighted by atomic mass is 16.3. The summed E-state index contributed by atoms with van der Waals surface area (Å²) in [5.41, 5.74) is 0.838. The Bertz CT molecular complexity index is 534. The van der Waals surface area contributed by atoms with Gasteiger partial charge in [-0.05, 0) is 37.3 Å². The molecule has 0 aromatic carbocycles. The lowest BCUT2D eigenvalue weighted by Crippen LogP contribution is -2.41. The molecule has 114 valence electrons. The van der Waals surface area contributed by atoms with Gasteiger partial charge in [-0.15, -0.1) is 0 Å². The molecule has 1 aromatic rings. The van der Waals surface area contributed by atoms with E-state index < -0.39 is 0 Å². The van der Waals surface area contributed by atoms with Crippen LogP contribution in [-0.4, -0.2) is 45.2 Å². The number of aliphatic hydroxyl groups excluding tert-OH is 1. The molecule has 2 atom stereocenters. The third-order valence-corrected chi connectivity index (χ3v) is 5.13. The monoisotopic (exact) mass is 290 g/mol. The van der Waals surface area contributed by atoms with Crippen LogP contribution in [0, 0.1) is 5.41 Å². The number of aryl methyl sites for hydroxylation is 1. The van der Waals surface area contributed by atoms with Crippen LogP contribution in [-0.2, 0) is 11.2 Å². The summed E-state index contributed by atoms with van der Waals surface area (Å²) in [6.45, 7) is 0.959. The Kier molecular flexibility index (Phi) is 3.85. The van der Waals surface area contributed by atoms with Gasteiger partial charge in [-0.25, -0.2) is 0 Å². The van der Waals surface area contributed by atoms with Crippen LogP contribution in [0.4, 0.5) is 0 Å². The minimum Gasteiger partial charge on any atom is -0.506 e.